The largest absolute Gasteiger partial charge is 0.339 e. The maximum atomic E-state index is 14.6. The molecule has 1 saturated heterocycles. The van der Waals surface area contributed by atoms with Crippen molar-refractivity contribution >= 4 is 44.8 Å². The predicted molar refractivity (Wildman–Crippen MR) is 152 cm³/mol. The van der Waals surface area contributed by atoms with Gasteiger partial charge in [-0.05, 0) is 87.3 Å². The maximum absolute atomic E-state index is 14.6. The third-order valence-corrected chi connectivity index (χ3v) is 11.4. The van der Waals surface area contributed by atoms with Crippen molar-refractivity contribution in [3.8, 4) is 0 Å². The van der Waals surface area contributed by atoms with Gasteiger partial charge in [-0.3, -0.25) is 4.79 Å². The molecule has 2 aliphatic heterocycles. The number of halogens is 3. The normalized spacial score (nSPS) is 23.3. The molecule has 2 amide bonds. The van der Waals surface area contributed by atoms with Gasteiger partial charge in [-0.25, -0.2) is 13.6 Å². The van der Waals surface area contributed by atoms with Gasteiger partial charge in [-0.2, -0.15) is 8.42 Å². The van der Waals surface area contributed by atoms with Crippen molar-refractivity contribution in [3.05, 3.63) is 88.4 Å². The number of hydrogen-bond acceptors (Lipinski definition) is 5. The molecule has 2 atom stereocenters. The van der Waals surface area contributed by atoms with Crippen LogP contribution in [0.25, 0.3) is 0 Å². The second-order valence-corrected chi connectivity index (χ2v) is 13.5. The minimum Gasteiger partial charge on any atom is -0.319 e. The number of carbonyl (C=O) groups is 2. The summed E-state index contributed by atoms with van der Waals surface area (Å²) in [6.07, 6.45) is 2.70. The fourth-order valence-electron chi connectivity index (χ4n) is 7.00. The molecular formula is C30H29ClF2N3O4S+. The van der Waals surface area contributed by atoms with Gasteiger partial charge in [0.15, 0.2) is 11.5 Å². The fourth-order valence-corrected chi connectivity index (χ4v) is 9.42. The van der Waals surface area contributed by atoms with Crippen molar-refractivity contribution in [1.29, 1.82) is 0 Å². The van der Waals surface area contributed by atoms with Crippen molar-refractivity contribution in [2.75, 3.05) is 18.4 Å². The highest BCUT2D eigenvalue weighted by Gasteiger charge is 2.73. The second kappa shape index (κ2) is 9.97. The third kappa shape index (κ3) is 4.14. The van der Waals surface area contributed by atoms with E-state index in [1.54, 1.807) is 12.1 Å². The monoisotopic (exact) mass is 600 g/mol. The summed E-state index contributed by atoms with van der Waals surface area (Å²) >= 11 is 5.89. The highest BCUT2D eigenvalue weighted by molar-refractivity contribution is 7.91. The summed E-state index contributed by atoms with van der Waals surface area (Å²) < 4.78 is 56.8. The Morgan fingerprint density at radius 2 is 1.71 bits per heavy atom. The summed E-state index contributed by atoms with van der Waals surface area (Å²) in [5.74, 6) is -2.51. The van der Waals surface area contributed by atoms with Gasteiger partial charge in [0.1, 0.15) is 16.8 Å². The first kappa shape index (κ1) is 28.0. The van der Waals surface area contributed by atoms with Crippen LogP contribution in [0, 0.1) is 17.6 Å². The topological polar surface area (TPSA) is 92.3 Å². The highest BCUT2D eigenvalue weighted by Crippen LogP contribution is 2.62. The molecular weight excluding hydrogens is 572 g/mol. The summed E-state index contributed by atoms with van der Waals surface area (Å²) in [5.41, 5.74) is 0.363. The van der Waals surface area contributed by atoms with Gasteiger partial charge in [-0.15, -0.1) is 3.89 Å². The molecule has 2 N–H and O–H groups in total. The van der Waals surface area contributed by atoms with Crippen LogP contribution in [0.1, 0.15) is 48.5 Å². The Balaban J connectivity index is 1.56. The molecule has 11 heteroatoms. The predicted octanol–water partition coefficient (Wildman–Crippen LogP) is 5.53. The number of piperidine rings is 1. The summed E-state index contributed by atoms with van der Waals surface area (Å²) in [6.45, 7) is 2.52. The lowest BCUT2D eigenvalue weighted by Crippen LogP contribution is -2.67. The second-order valence-electron chi connectivity index (χ2n) is 11.1. The van der Waals surface area contributed by atoms with Gasteiger partial charge >= 0.3 is 15.9 Å². The molecule has 2 fully saturated rings. The van der Waals surface area contributed by atoms with E-state index < -0.39 is 48.8 Å². The van der Waals surface area contributed by atoms with Crippen molar-refractivity contribution in [1.82, 2.24) is 9.21 Å². The number of benzene rings is 3. The average molecular weight is 601 g/mol. The number of nitrogens with zero attached hydrogens (tertiary/aromatic N) is 1. The van der Waals surface area contributed by atoms with Crippen molar-refractivity contribution in [2.45, 2.75) is 49.0 Å². The molecule has 2 unspecified atom stereocenters. The number of amides is 2. The zero-order valence-corrected chi connectivity index (χ0v) is 23.9. The lowest BCUT2D eigenvalue weighted by Gasteiger charge is -2.43. The molecule has 1 saturated carbocycles. The van der Waals surface area contributed by atoms with Gasteiger partial charge < -0.3 is 10.6 Å². The van der Waals surface area contributed by atoms with Crippen molar-refractivity contribution in [3.63, 3.8) is 0 Å². The van der Waals surface area contributed by atoms with Gasteiger partial charge in [0.2, 0.25) is 0 Å². The van der Waals surface area contributed by atoms with Crippen LogP contribution in [0.3, 0.4) is 0 Å². The first-order valence-electron chi connectivity index (χ1n) is 13.6. The third-order valence-electron chi connectivity index (χ3n) is 8.83. The van der Waals surface area contributed by atoms with E-state index in [1.807, 2.05) is 0 Å². The SMILES string of the molecule is CC(=O)[N+]1(S(=O)(=O)c2ccc(F)cc2)c2ccc(C(=O)Nc3cccc(Cl)c3F)cc2C2(CCNCC2)C1C1CC1. The van der Waals surface area contributed by atoms with E-state index in [0.29, 0.717) is 37.2 Å². The van der Waals surface area contributed by atoms with Crippen LogP contribution in [0.15, 0.2) is 65.6 Å². The number of rotatable bonds is 5. The molecule has 3 aliphatic rings. The van der Waals surface area contributed by atoms with E-state index in [9.17, 15) is 26.8 Å². The van der Waals surface area contributed by atoms with Crippen LogP contribution < -0.4 is 14.5 Å². The minimum atomic E-state index is -4.42. The first-order valence-corrected chi connectivity index (χ1v) is 15.4. The molecule has 0 radical (unpaired) electrons. The van der Waals surface area contributed by atoms with Crippen molar-refractivity contribution < 1.29 is 26.8 Å². The molecule has 214 valence electrons. The summed E-state index contributed by atoms with van der Waals surface area (Å²) in [4.78, 5) is 27.1. The van der Waals surface area contributed by atoms with Crippen LogP contribution in [0.4, 0.5) is 20.2 Å². The zero-order chi connectivity index (χ0) is 29.2. The number of fused-ring (bicyclic) bond motifs is 2. The van der Waals surface area contributed by atoms with E-state index in [2.05, 4.69) is 10.6 Å². The van der Waals surface area contributed by atoms with E-state index in [0.717, 1.165) is 25.0 Å². The number of anilines is 1. The lowest BCUT2D eigenvalue weighted by molar-refractivity contribution is -0.126. The summed E-state index contributed by atoms with van der Waals surface area (Å²) in [6, 6.07) is 12.9. The Bertz CT molecular complexity index is 1670. The van der Waals surface area contributed by atoms with Gasteiger partial charge in [0.05, 0.1) is 23.0 Å². The smallest absolute Gasteiger partial charge is 0.319 e. The molecule has 1 spiro atoms. The Hall–Kier alpha value is -3.18. The Morgan fingerprint density at radius 1 is 1.02 bits per heavy atom. The Labute approximate surface area is 242 Å². The fraction of sp³-hybridized carbons (Fsp3) is 0.333. The minimum absolute atomic E-state index is 0.0301. The molecule has 1 aliphatic carbocycles. The van der Waals surface area contributed by atoms with E-state index in [-0.39, 0.29) is 27.1 Å². The molecule has 6 rings (SSSR count). The van der Waals surface area contributed by atoms with Crippen molar-refractivity contribution in [2.24, 2.45) is 5.92 Å². The molecule has 41 heavy (non-hydrogen) atoms. The molecule has 3 aromatic rings. The van der Waals surface area contributed by atoms with E-state index in [4.69, 9.17) is 11.6 Å². The Kier molecular flexibility index (Phi) is 6.80. The van der Waals surface area contributed by atoms with Gasteiger partial charge in [0.25, 0.3) is 5.91 Å². The van der Waals surface area contributed by atoms with Gasteiger partial charge in [0, 0.05) is 23.1 Å². The molecule has 3 aromatic carbocycles. The highest BCUT2D eigenvalue weighted by atomic mass is 35.5. The van der Waals surface area contributed by atoms with E-state index in [1.165, 1.54) is 43.3 Å². The lowest BCUT2D eigenvalue weighted by atomic mass is 9.68. The molecule has 7 nitrogen and oxygen atoms in total. The number of sulfonamides is 1. The van der Waals surface area contributed by atoms with Crippen LogP contribution in [0.5, 0.6) is 0 Å². The molecule has 2 heterocycles. The number of nitrogens with one attached hydrogen (secondary N) is 2. The van der Waals surface area contributed by atoms with Crippen LogP contribution in [0.2, 0.25) is 5.02 Å². The van der Waals surface area contributed by atoms with Crippen LogP contribution in [-0.4, -0.2) is 39.4 Å². The quantitative estimate of drug-likeness (QED) is 0.376. The van der Waals surface area contributed by atoms with Gasteiger partial charge in [-0.1, -0.05) is 17.7 Å². The Morgan fingerprint density at radius 3 is 2.34 bits per heavy atom. The van der Waals surface area contributed by atoms with Crippen LogP contribution >= 0.6 is 11.6 Å². The van der Waals surface area contributed by atoms with Crippen LogP contribution in [-0.2, 0) is 20.2 Å². The number of carbonyl (C=O) groups excluding carboxylic acids is 2. The molecule has 0 bridgehead atoms. The summed E-state index contributed by atoms with van der Waals surface area (Å²) in [5, 5.41) is 5.78. The average Bonchev–Trinajstić information content (AvgIpc) is 3.75. The standard InChI is InChI=1S/C30H28ClF2N3O4S/c1-18(37)36(41(39,40)22-10-8-21(32)9-11-22)26-12-7-20(29(38)35-25-4-2-3-24(31)27(25)33)17-23(26)30(13-15-34-16-14-30)28(36)19-5-6-19/h2-4,7-12,17,19,28,34H,5-6,13-16H2,1H3/p+1. The number of hydrogen-bond donors (Lipinski definition) is 2. The number of quaternary nitrogens is 1. The summed E-state index contributed by atoms with van der Waals surface area (Å²) in [7, 11) is -4.42. The maximum Gasteiger partial charge on any atom is 0.339 e. The zero-order valence-electron chi connectivity index (χ0n) is 22.3. The van der Waals surface area contributed by atoms with E-state index >= 15 is 0 Å². The molecule has 0 aromatic heterocycles. The first-order chi connectivity index (χ1) is 19.5.